The summed E-state index contributed by atoms with van der Waals surface area (Å²) >= 11 is 1.46. The first kappa shape index (κ1) is 27.2. The number of amides is 2. The van der Waals surface area contributed by atoms with Gasteiger partial charge in [0.15, 0.2) is 0 Å². The summed E-state index contributed by atoms with van der Waals surface area (Å²) in [5.74, 6) is -0.643. The fourth-order valence-corrected chi connectivity index (χ4v) is 6.56. The summed E-state index contributed by atoms with van der Waals surface area (Å²) in [6.07, 6.45) is 7.06. The van der Waals surface area contributed by atoms with Gasteiger partial charge in [-0.3, -0.25) is 14.5 Å². The van der Waals surface area contributed by atoms with E-state index in [9.17, 15) is 19.1 Å². The quantitative estimate of drug-likeness (QED) is 0.273. The molecule has 1 aromatic heterocycles. The van der Waals surface area contributed by atoms with E-state index in [0.29, 0.717) is 27.6 Å². The van der Waals surface area contributed by atoms with E-state index in [0.717, 1.165) is 74.2 Å². The Kier molecular flexibility index (Phi) is 8.81. The van der Waals surface area contributed by atoms with Gasteiger partial charge >= 0.3 is 0 Å². The topological polar surface area (TPSA) is 94.0 Å². The van der Waals surface area contributed by atoms with Gasteiger partial charge in [-0.2, -0.15) is 5.10 Å². The summed E-state index contributed by atoms with van der Waals surface area (Å²) in [5.41, 5.74) is 6.13. The Bertz CT molecular complexity index is 1360. The number of nitrogens with one attached hydrogen (secondary N) is 2. The minimum absolute atomic E-state index is 0.245. The molecule has 0 radical (unpaired) electrons. The number of hydrogen-bond acceptors (Lipinski definition) is 6. The fourth-order valence-electron chi connectivity index (χ4n) is 5.27. The molecule has 1 aliphatic heterocycles. The highest BCUT2D eigenvalue weighted by molar-refractivity contribution is 7.17. The van der Waals surface area contributed by atoms with Crippen LogP contribution < -0.4 is 10.7 Å². The fraction of sp³-hybridized carbons (Fsp3) is 0.367. The average molecular weight is 549 g/mol. The predicted molar refractivity (Wildman–Crippen MR) is 152 cm³/mol. The molecule has 0 saturated carbocycles. The Hall–Kier alpha value is -3.40. The van der Waals surface area contributed by atoms with Crippen LogP contribution in [0.1, 0.15) is 68.0 Å². The lowest BCUT2D eigenvalue weighted by Gasteiger charge is -2.31. The highest BCUT2D eigenvalue weighted by atomic mass is 32.1. The zero-order valence-corrected chi connectivity index (χ0v) is 22.6. The van der Waals surface area contributed by atoms with Crippen molar-refractivity contribution in [1.82, 2.24) is 10.3 Å². The summed E-state index contributed by atoms with van der Waals surface area (Å²) in [6, 6.07) is 13.6. The van der Waals surface area contributed by atoms with Gasteiger partial charge in [0.25, 0.3) is 11.8 Å². The number of hydrogen-bond donors (Lipinski definition) is 3. The number of thiophene rings is 1. The van der Waals surface area contributed by atoms with Gasteiger partial charge in [0.2, 0.25) is 0 Å². The van der Waals surface area contributed by atoms with Gasteiger partial charge in [-0.15, -0.1) is 11.3 Å². The molecule has 5 rings (SSSR count). The molecule has 1 fully saturated rings. The first-order valence-corrected chi connectivity index (χ1v) is 14.3. The van der Waals surface area contributed by atoms with Crippen LogP contribution in [0.5, 0.6) is 0 Å². The molecule has 2 aromatic carbocycles. The summed E-state index contributed by atoms with van der Waals surface area (Å²) in [7, 11) is 0. The first-order chi connectivity index (χ1) is 19.0. The van der Waals surface area contributed by atoms with E-state index in [1.807, 2.05) is 18.2 Å². The Morgan fingerprint density at radius 3 is 2.67 bits per heavy atom. The summed E-state index contributed by atoms with van der Waals surface area (Å²) in [4.78, 5) is 30.0. The maximum absolute atomic E-state index is 13.5. The second-order valence-corrected chi connectivity index (χ2v) is 11.3. The molecule has 1 saturated heterocycles. The van der Waals surface area contributed by atoms with Crippen molar-refractivity contribution in [3.8, 4) is 0 Å². The molecule has 2 heterocycles. The van der Waals surface area contributed by atoms with E-state index in [-0.39, 0.29) is 18.3 Å². The summed E-state index contributed by atoms with van der Waals surface area (Å²) in [5, 5.41) is 16.9. The monoisotopic (exact) mass is 548 g/mol. The minimum atomic E-state index is -0.391. The molecule has 1 aliphatic carbocycles. The van der Waals surface area contributed by atoms with Crippen molar-refractivity contribution in [2.24, 2.45) is 11.0 Å². The zero-order valence-electron chi connectivity index (χ0n) is 21.8. The van der Waals surface area contributed by atoms with E-state index in [4.69, 9.17) is 0 Å². The van der Waals surface area contributed by atoms with Gasteiger partial charge in [-0.25, -0.2) is 9.82 Å². The Labute approximate surface area is 231 Å². The molecule has 2 aliphatic rings. The largest absolute Gasteiger partial charge is 0.396 e. The molecule has 3 aromatic rings. The molecular weight excluding hydrogens is 515 g/mol. The number of benzene rings is 2. The number of halogens is 1. The summed E-state index contributed by atoms with van der Waals surface area (Å²) in [6.45, 7) is 2.86. The molecule has 7 nitrogen and oxygen atoms in total. The highest BCUT2D eigenvalue weighted by Gasteiger charge is 2.27. The second-order valence-electron chi connectivity index (χ2n) is 10.2. The van der Waals surface area contributed by atoms with Crippen molar-refractivity contribution >= 4 is 34.4 Å². The van der Waals surface area contributed by atoms with Crippen LogP contribution in [-0.2, 0) is 19.4 Å². The van der Waals surface area contributed by atoms with Crippen LogP contribution in [0, 0.1) is 11.7 Å². The van der Waals surface area contributed by atoms with Crippen LogP contribution in [0.15, 0.2) is 53.6 Å². The number of hydrazone groups is 1. The Morgan fingerprint density at radius 1 is 1.08 bits per heavy atom. The summed E-state index contributed by atoms with van der Waals surface area (Å²) < 4.78 is 13.5. The number of aliphatic hydroxyl groups is 1. The lowest BCUT2D eigenvalue weighted by atomic mass is 9.95. The third-order valence-electron chi connectivity index (χ3n) is 7.41. The van der Waals surface area contributed by atoms with Crippen molar-refractivity contribution in [1.29, 1.82) is 0 Å². The molecular formula is C30H33FN4O3S. The number of carbonyl (C=O) groups excluding carboxylic acids is 2. The number of anilines is 1. The van der Waals surface area contributed by atoms with E-state index >= 15 is 0 Å². The zero-order chi connectivity index (χ0) is 27.2. The van der Waals surface area contributed by atoms with E-state index in [1.165, 1.54) is 29.7 Å². The van der Waals surface area contributed by atoms with E-state index < -0.39 is 5.91 Å². The molecule has 2 amide bonds. The number of rotatable bonds is 8. The predicted octanol–water partition coefficient (Wildman–Crippen LogP) is 4.99. The normalized spacial score (nSPS) is 16.3. The number of aryl methyl sites for hydroxylation is 1. The Balaban J connectivity index is 1.29. The van der Waals surface area contributed by atoms with Crippen LogP contribution in [0.4, 0.5) is 9.39 Å². The van der Waals surface area contributed by atoms with Crippen molar-refractivity contribution < 1.29 is 19.1 Å². The van der Waals surface area contributed by atoms with Crippen molar-refractivity contribution in [2.45, 2.75) is 45.1 Å². The van der Waals surface area contributed by atoms with Gasteiger partial charge in [-0.05, 0) is 98.5 Å². The number of piperidine rings is 1. The molecule has 0 spiro atoms. The highest BCUT2D eigenvalue weighted by Crippen LogP contribution is 2.38. The Morgan fingerprint density at radius 2 is 1.87 bits per heavy atom. The molecule has 9 heteroatoms. The lowest BCUT2D eigenvalue weighted by molar-refractivity contribution is 0.0955. The number of carbonyl (C=O) groups is 2. The van der Waals surface area contributed by atoms with E-state index in [2.05, 4.69) is 20.7 Å². The number of fused-ring (bicyclic) bond motifs is 1. The second kappa shape index (κ2) is 12.6. The molecule has 3 N–H and O–H groups in total. The van der Waals surface area contributed by atoms with Gasteiger partial charge < -0.3 is 10.4 Å². The maximum atomic E-state index is 13.5. The van der Waals surface area contributed by atoms with E-state index in [1.54, 1.807) is 18.2 Å². The van der Waals surface area contributed by atoms with Crippen LogP contribution in [0.2, 0.25) is 0 Å². The number of aliphatic hydroxyl groups excluding tert-OH is 1. The van der Waals surface area contributed by atoms with Crippen LogP contribution >= 0.6 is 11.3 Å². The molecule has 0 unspecified atom stereocenters. The minimum Gasteiger partial charge on any atom is -0.396 e. The van der Waals surface area contributed by atoms with Crippen LogP contribution in [0.3, 0.4) is 0 Å². The SMILES string of the molecule is O=C(Nc1sc2c(c1C(=O)N/N=C/c1cccc(F)c1)CCCC2)c1cccc(CN2CCC(CO)CC2)c1. The molecule has 204 valence electrons. The molecule has 0 atom stereocenters. The number of nitrogens with zero attached hydrogens (tertiary/aromatic N) is 2. The first-order valence-electron chi connectivity index (χ1n) is 13.5. The maximum Gasteiger partial charge on any atom is 0.274 e. The standard InChI is InChI=1S/C30H33FN4O3S/c31-24-8-4-5-21(16-24)17-32-34-29(38)27-25-9-1-2-10-26(25)39-30(27)33-28(37)23-7-3-6-22(15-23)18-35-13-11-20(19-36)12-14-35/h3-8,15-17,20,36H,1-2,9-14,18-19H2,(H,33,37)(H,34,38)/b32-17+. The van der Waals surface area contributed by atoms with Gasteiger partial charge in [-0.1, -0.05) is 24.3 Å². The molecule has 39 heavy (non-hydrogen) atoms. The number of likely N-dealkylation sites (tertiary alicyclic amines) is 1. The average Bonchev–Trinajstić information content (AvgIpc) is 3.31. The lowest BCUT2D eigenvalue weighted by Crippen LogP contribution is -2.34. The van der Waals surface area contributed by atoms with Crippen molar-refractivity contribution in [2.75, 3.05) is 25.0 Å². The van der Waals surface area contributed by atoms with Gasteiger partial charge in [0, 0.05) is 23.6 Å². The van der Waals surface area contributed by atoms with Crippen molar-refractivity contribution in [3.63, 3.8) is 0 Å². The van der Waals surface area contributed by atoms with Gasteiger partial charge in [0.05, 0.1) is 11.8 Å². The van der Waals surface area contributed by atoms with Gasteiger partial charge in [0.1, 0.15) is 10.8 Å². The van der Waals surface area contributed by atoms with Crippen molar-refractivity contribution in [3.05, 3.63) is 87.0 Å². The van der Waals surface area contributed by atoms with Crippen LogP contribution in [0.25, 0.3) is 0 Å². The molecule has 0 bridgehead atoms. The smallest absolute Gasteiger partial charge is 0.274 e. The third-order valence-corrected chi connectivity index (χ3v) is 8.62. The van der Waals surface area contributed by atoms with Crippen LogP contribution in [-0.4, -0.2) is 47.7 Å². The third kappa shape index (κ3) is 6.79.